The summed E-state index contributed by atoms with van der Waals surface area (Å²) in [6.07, 6.45) is 0.770. The van der Waals surface area contributed by atoms with Crippen molar-refractivity contribution in [3.05, 3.63) is 66.0 Å². The Bertz CT molecular complexity index is 1230. The Morgan fingerprint density at radius 1 is 1.00 bits per heavy atom. The number of likely N-dealkylation sites (tertiary alicyclic amines) is 2. The van der Waals surface area contributed by atoms with E-state index in [2.05, 4.69) is 5.32 Å². The summed E-state index contributed by atoms with van der Waals surface area (Å²) in [7, 11) is 1.48. The summed E-state index contributed by atoms with van der Waals surface area (Å²) in [5.41, 5.74) is 5.84. The van der Waals surface area contributed by atoms with Crippen LogP contribution in [0.1, 0.15) is 53.0 Å². The summed E-state index contributed by atoms with van der Waals surface area (Å²) in [5.74, 6) is -0.960. The van der Waals surface area contributed by atoms with Gasteiger partial charge in [0.1, 0.15) is 30.8 Å². The molecule has 4 rings (SSSR count). The van der Waals surface area contributed by atoms with Crippen LogP contribution in [0.3, 0.4) is 0 Å². The lowest BCUT2D eigenvalue weighted by Crippen LogP contribution is -2.57. The molecule has 2 aliphatic heterocycles. The number of phenolic OH excluding ortho intramolecular Hbond substituents is 1. The lowest BCUT2D eigenvalue weighted by molar-refractivity contribution is -0.140. The van der Waals surface area contributed by atoms with Crippen LogP contribution in [-0.2, 0) is 25.7 Å². The molecule has 45 heavy (non-hydrogen) atoms. The van der Waals surface area contributed by atoms with Gasteiger partial charge in [-0.3, -0.25) is 14.4 Å². The molecule has 2 saturated heterocycles. The molecular weight excluding hydrogens is 581 g/mol. The fourth-order valence-corrected chi connectivity index (χ4v) is 5.26. The largest absolute Gasteiger partial charge is 0.508 e. The number of phenols is 1. The minimum Gasteiger partial charge on any atom is -0.508 e. The van der Waals surface area contributed by atoms with Gasteiger partial charge in [-0.25, -0.2) is 9.18 Å². The first-order chi connectivity index (χ1) is 21.3. The summed E-state index contributed by atoms with van der Waals surface area (Å²) in [6, 6.07) is 13.4. The van der Waals surface area contributed by atoms with Crippen LogP contribution in [0.15, 0.2) is 54.6 Å². The molecule has 11 nitrogen and oxygen atoms in total. The van der Waals surface area contributed by atoms with Crippen molar-refractivity contribution in [2.75, 3.05) is 33.2 Å². The predicted molar refractivity (Wildman–Crippen MR) is 169 cm³/mol. The van der Waals surface area contributed by atoms with Crippen molar-refractivity contribution in [3.63, 3.8) is 0 Å². The van der Waals surface area contributed by atoms with E-state index in [4.69, 9.17) is 15.6 Å². The molecule has 2 aromatic carbocycles. The fourth-order valence-electron chi connectivity index (χ4n) is 5.26. The maximum absolute atomic E-state index is 13.6. The van der Waals surface area contributed by atoms with Crippen molar-refractivity contribution in [1.82, 2.24) is 20.0 Å². The van der Waals surface area contributed by atoms with E-state index < -0.39 is 23.5 Å². The zero-order valence-corrected chi connectivity index (χ0v) is 27.2. The minimum atomic E-state index is -0.776. The summed E-state index contributed by atoms with van der Waals surface area (Å²) < 4.78 is 17.2. The van der Waals surface area contributed by atoms with E-state index in [0.29, 0.717) is 25.9 Å². The highest BCUT2D eigenvalue weighted by Crippen LogP contribution is 2.33. The van der Waals surface area contributed by atoms with Crippen molar-refractivity contribution in [2.45, 2.75) is 72.2 Å². The molecule has 3 atom stereocenters. The van der Waals surface area contributed by atoms with Crippen molar-refractivity contribution in [2.24, 2.45) is 11.1 Å². The fraction of sp³-hybridized carbons (Fsp3) is 0.515. The number of ether oxygens (including phenoxy) is 1. The van der Waals surface area contributed by atoms with E-state index in [1.807, 2.05) is 65.0 Å². The molecule has 0 bridgehead atoms. The number of hydrogen-bond acceptors (Lipinski definition) is 7. The first-order valence-corrected chi connectivity index (χ1v) is 15.3. The maximum Gasteiger partial charge on any atom is 0.410 e. The molecule has 0 saturated carbocycles. The van der Waals surface area contributed by atoms with Crippen LogP contribution in [0.2, 0.25) is 0 Å². The van der Waals surface area contributed by atoms with E-state index in [-0.39, 0.29) is 55.2 Å². The first-order valence-electron chi connectivity index (χ1n) is 15.3. The van der Waals surface area contributed by atoms with Crippen molar-refractivity contribution in [3.8, 4) is 5.75 Å². The van der Waals surface area contributed by atoms with Gasteiger partial charge in [0.05, 0.1) is 18.6 Å². The van der Waals surface area contributed by atoms with Crippen LogP contribution in [0.5, 0.6) is 5.75 Å². The zero-order chi connectivity index (χ0) is 33.7. The highest BCUT2D eigenvalue weighted by atomic mass is 19.1. The summed E-state index contributed by atoms with van der Waals surface area (Å²) in [6.45, 7) is 10.6. The first kappa shape index (κ1) is 37.0. The van der Waals surface area contributed by atoms with E-state index in [0.717, 1.165) is 5.56 Å². The third-order valence-electron chi connectivity index (χ3n) is 7.50. The van der Waals surface area contributed by atoms with Crippen LogP contribution in [0, 0.1) is 11.2 Å². The molecule has 248 valence electrons. The lowest BCUT2D eigenvalue weighted by atomic mass is 9.85. The second-order valence-corrected chi connectivity index (χ2v) is 11.8. The number of nitrogens with one attached hydrogen (secondary N) is 1. The van der Waals surface area contributed by atoms with E-state index in [1.165, 1.54) is 36.2 Å². The second kappa shape index (κ2) is 17.3. The summed E-state index contributed by atoms with van der Waals surface area (Å²) in [5, 5.41) is 11.4. The van der Waals surface area contributed by atoms with Gasteiger partial charge < -0.3 is 35.6 Å². The monoisotopic (exact) mass is 629 g/mol. The Labute approximate surface area is 265 Å². The van der Waals surface area contributed by atoms with Crippen LogP contribution >= 0.6 is 0 Å². The molecule has 2 aromatic rings. The van der Waals surface area contributed by atoms with Crippen molar-refractivity contribution >= 4 is 23.8 Å². The average molecular weight is 630 g/mol. The van der Waals surface area contributed by atoms with Crippen LogP contribution in [-0.4, -0.2) is 95.0 Å². The molecule has 4 N–H and O–H groups in total. The molecule has 1 unspecified atom stereocenters. The third-order valence-corrected chi connectivity index (χ3v) is 7.50. The second-order valence-electron chi connectivity index (χ2n) is 11.8. The number of hydrogen-bond donors (Lipinski definition) is 3. The number of nitrogens with two attached hydrogens (primary N) is 1. The molecule has 0 spiro atoms. The highest BCUT2D eigenvalue weighted by molar-refractivity contribution is 5.90. The molecule has 2 heterocycles. The molecule has 2 aliphatic rings. The smallest absolute Gasteiger partial charge is 0.410 e. The van der Waals surface area contributed by atoms with Crippen LogP contribution in [0.25, 0.3) is 0 Å². The van der Waals surface area contributed by atoms with E-state index in [9.17, 15) is 23.6 Å². The van der Waals surface area contributed by atoms with Gasteiger partial charge in [-0.05, 0) is 48.1 Å². The standard InChI is InChI=1S/C25H37N5O5.C6H5FO.C2H6/c1-25(2,3)22(23(33)30-13-11-18-19(30)10-12-29(18)21(32)14-26)27-20(31)15-28(4)24(34)35-16-17-8-6-5-7-9-17;7-5-1-3-6(8)4-2-5;1-2/h5-9,18-19,22H,10-16,26H2,1-4H3,(H,27,31);1-4,8H;1-2H3/t18-,19-,22?;;/m1../s1. The quantitative estimate of drug-likeness (QED) is 0.425. The molecule has 4 amide bonds. The van der Waals surface area contributed by atoms with Gasteiger partial charge in [0.2, 0.25) is 17.7 Å². The summed E-state index contributed by atoms with van der Waals surface area (Å²) >= 11 is 0. The maximum atomic E-state index is 13.6. The van der Waals surface area contributed by atoms with Gasteiger partial charge in [0, 0.05) is 20.1 Å². The highest BCUT2D eigenvalue weighted by Gasteiger charge is 2.48. The van der Waals surface area contributed by atoms with E-state index >= 15 is 0 Å². The minimum absolute atomic E-state index is 0.0307. The lowest BCUT2D eigenvalue weighted by Gasteiger charge is -2.35. The number of carbonyl (C=O) groups excluding carboxylic acids is 4. The molecular formula is C33H48FN5O6. The number of benzene rings is 2. The number of rotatable bonds is 7. The SMILES string of the molecule is CC.CN(CC(=O)NC(C(=O)N1CC[C@@H]2[C@H]1CCN2C(=O)CN)C(C)(C)C)C(=O)OCc1ccccc1.Oc1ccc(F)cc1. The van der Waals surface area contributed by atoms with Crippen LogP contribution < -0.4 is 11.1 Å². The van der Waals surface area contributed by atoms with Gasteiger partial charge in [-0.2, -0.15) is 0 Å². The topological polar surface area (TPSA) is 146 Å². The van der Waals surface area contributed by atoms with Crippen molar-refractivity contribution < 1.29 is 33.4 Å². The number of fused-ring (bicyclic) bond motifs is 1. The van der Waals surface area contributed by atoms with Gasteiger partial charge in [0.15, 0.2) is 0 Å². The number of likely N-dealkylation sites (N-methyl/N-ethyl adjacent to an activating group) is 1. The molecule has 0 aliphatic carbocycles. The number of carbonyl (C=O) groups is 4. The normalized spacial score (nSPS) is 17.5. The Morgan fingerprint density at radius 3 is 2.09 bits per heavy atom. The molecule has 0 radical (unpaired) electrons. The number of halogens is 1. The molecule has 2 fully saturated rings. The predicted octanol–water partition coefficient (Wildman–Crippen LogP) is 3.50. The third kappa shape index (κ3) is 10.7. The van der Waals surface area contributed by atoms with E-state index in [1.54, 1.807) is 9.80 Å². The number of amides is 4. The Kier molecular flexibility index (Phi) is 14.3. The molecule has 12 heteroatoms. The zero-order valence-electron chi connectivity index (χ0n) is 27.2. The average Bonchev–Trinajstić information content (AvgIpc) is 3.63. The molecule has 0 aromatic heterocycles. The Hall–Kier alpha value is -4.19. The van der Waals surface area contributed by atoms with Crippen LogP contribution in [0.4, 0.5) is 9.18 Å². The number of aromatic hydroxyl groups is 1. The Morgan fingerprint density at radius 2 is 1.56 bits per heavy atom. The number of nitrogens with zero attached hydrogens (tertiary/aromatic N) is 3. The van der Waals surface area contributed by atoms with Gasteiger partial charge >= 0.3 is 6.09 Å². The van der Waals surface area contributed by atoms with Gasteiger partial charge in [-0.1, -0.05) is 65.0 Å². The Balaban J connectivity index is 0.000000604. The van der Waals surface area contributed by atoms with Gasteiger partial charge in [-0.15, -0.1) is 0 Å². The van der Waals surface area contributed by atoms with Gasteiger partial charge in [0.25, 0.3) is 0 Å². The summed E-state index contributed by atoms with van der Waals surface area (Å²) in [4.78, 5) is 55.6. The van der Waals surface area contributed by atoms with Crippen molar-refractivity contribution in [1.29, 1.82) is 0 Å².